The number of fused-ring (bicyclic) bond motifs is 1. The highest BCUT2D eigenvalue weighted by molar-refractivity contribution is 5.89. The lowest BCUT2D eigenvalue weighted by molar-refractivity contribution is -0.139. The lowest BCUT2D eigenvalue weighted by atomic mass is 9.84. The Morgan fingerprint density at radius 2 is 1.75 bits per heavy atom. The molecule has 150 valence electrons. The molecular formula is C22H30N4O2. The average Bonchev–Trinajstić information content (AvgIpc) is 3.11. The minimum absolute atomic E-state index is 0.134. The summed E-state index contributed by atoms with van der Waals surface area (Å²) < 4.78 is 0. The van der Waals surface area contributed by atoms with Gasteiger partial charge in [-0.1, -0.05) is 24.6 Å². The predicted octanol–water partition coefficient (Wildman–Crippen LogP) is 2.29. The molecule has 2 fully saturated rings. The van der Waals surface area contributed by atoms with Crippen LogP contribution in [0.4, 0.5) is 0 Å². The van der Waals surface area contributed by atoms with Gasteiger partial charge in [0.25, 0.3) is 0 Å². The normalized spacial score (nSPS) is 23.2. The van der Waals surface area contributed by atoms with Gasteiger partial charge in [-0.15, -0.1) is 0 Å². The molecule has 1 saturated heterocycles. The summed E-state index contributed by atoms with van der Waals surface area (Å²) in [5.74, 6) is 0.788. The summed E-state index contributed by atoms with van der Waals surface area (Å²) in [6, 6.07) is 8.30. The Hall–Kier alpha value is -2.34. The number of amides is 2. The minimum Gasteiger partial charge on any atom is -0.361 e. The van der Waals surface area contributed by atoms with E-state index in [-0.39, 0.29) is 17.9 Å². The summed E-state index contributed by atoms with van der Waals surface area (Å²) in [6.07, 6.45) is 7.24. The van der Waals surface area contributed by atoms with Crippen molar-refractivity contribution < 1.29 is 9.59 Å². The number of nitrogens with one attached hydrogen (secondary N) is 1. The first kappa shape index (κ1) is 19.0. The highest BCUT2D eigenvalue weighted by atomic mass is 16.2. The van der Waals surface area contributed by atoms with E-state index in [4.69, 9.17) is 5.73 Å². The van der Waals surface area contributed by atoms with Gasteiger partial charge in [-0.3, -0.25) is 9.59 Å². The molecule has 1 saturated carbocycles. The van der Waals surface area contributed by atoms with Gasteiger partial charge in [0.1, 0.15) is 0 Å². The van der Waals surface area contributed by atoms with E-state index in [1.54, 1.807) is 0 Å². The van der Waals surface area contributed by atoms with E-state index in [0.717, 1.165) is 42.1 Å². The van der Waals surface area contributed by atoms with Gasteiger partial charge < -0.3 is 20.5 Å². The van der Waals surface area contributed by atoms with Gasteiger partial charge in [-0.05, 0) is 36.8 Å². The number of H-pyrrole nitrogens is 1. The van der Waals surface area contributed by atoms with Crippen LogP contribution in [-0.2, 0) is 16.0 Å². The molecule has 2 aliphatic rings. The molecule has 0 radical (unpaired) electrons. The quantitative estimate of drug-likeness (QED) is 0.851. The maximum Gasteiger partial charge on any atom is 0.227 e. The highest BCUT2D eigenvalue weighted by Gasteiger charge is 2.27. The number of aromatic nitrogens is 1. The SMILES string of the molecule is N[C@@H]1CCC[C@H](CC(=O)N2CCN(C(=O)Cc3c[nH]c4ccccc34)CC2)C1. The molecule has 4 rings (SSSR count). The van der Waals surface area contributed by atoms with E-state index in [1.165, 1.54) is 0 Å². The van der Waals surface area contributed by atoms with Crippen LogP contribution in [0.5, 0.6) is 0 Å². The van der Waals surface area contributed by atoms with E-state index in [9.17, 15) is 9.59 Å². The zero-order valence-corrected chi connectivity index (χ0v) is 16.4. The van der Waals surface area contributed by atoms with Crippen LogP contribution in [0.15, 0.2) is 30.5 Å². The van der Waals surface area contributed by atoms with Crippen LogP contribution >= 0.6 is 0 Å². The van der Waals surface area contributed by atoms with Crippen LogP contribution in [-0.4, -0.2) is 58.8 Å². The molecule has 1 aliphatic heterocycles. The van der Waals surface area contributed by atoms with Gasteiger partial charge in [0.2, 0.25) is 11.8 Å². The number of benzene rings is 1. The molecule has 2 amide bonds. The Balaban J connectivity index is 1.27. The van der Waals surface area contributed by atoms with Gasteiger partial charge in [0.05, 0.1) is 6.42 Å². The fourth-order valence-electron chi connectivity index (χ4n) is 4.65. The molecule has 6 heteroatoms. The number of nitrogens with zero attached hydrogens (tertiary/aromatic N) is 2. The number of carbonyl (C=O) groups excluding carboxylic acids is 2. The van der Waals surface area contributed by atoms with Crippen molar-refractivity contribution in [2.75, 3.05) is 26.2 Å². The molecule has 2 aromatic rings. The first-order valence-corrected chi connectivity index (χ1v) is 10.5. The summed E-state index contributed by atoms with van der Waals surface area (Å²) in [5, 5.41) is 1.11. The van der Waals surface area contributed by atoms with Crippen LogP contribution in [0.1, 0.15) is 37.7 Å². The second kappa shape index (κ2) is 8.35. The Morgan fingerprint density at radius 3 is 2.50 bits per heavy atom. The first-order valence-electron chi connectivity index (χ1n) is 10.5. The van der Waals surface area contributed by atoms with Gasteiger partial charge in [-0.25, -0.2) is 0 Å². The Bertz CT molecular complexity index is 838. The van der Waals surface area contributed by atoms with Crippen molar-refractivity contribution in [3.8, 4) is 0 Å². The van der Waals surface area contributed by atoms with E-state index < -0.39 is 0 Å². The third kappa shape index (κ3) is 4.22. The molecule has 1 aromatic heterocycles. The number of nitrogens with two attached hydrogens (primary N) is 1. The van der Waals surface area contributed by atoms with Crippen LogP contribution in [0, 0.1) is 5.92 Å². The summed E-state index contributed by atoms with van der Waals surface area (Å²) in [5.41, 5.74) is 8.14. The maximum absolute atomic E-state index is 12.7. The lowest BCUT2D eigenvalue weighted by Crippen LogP contribution is -2.51. The standard InChI is InChI=1S/C22H30N4O2/c23-18-5-3-4-16(12-18)13-21(27)25-8-10-26(11-9-25)22(28)14-17-15-24-20-7-2-1-6-19(17)20/h1-2,6-7,15-16,18,24H,3-5,8-14,23H2/t16-,18+/m0/s1. The summed E-state index contributed by atoms with van der Waals surface area (Å²) in [7, 11) is 0. The van der Waals surface area contributed by atoms with Crippen LogP contribution in [0.3, 0.4) is 0 Å². The van der Waals surface area contributed by atoms with E-state index in [2.05, 4.69) is 4.98 Å². The largest absolute Gasteiger partial charge is 0.361 e. The number of para-hydroxylation sites is 1. The summed E-state index contributed by atoms with van der Waals surface area (Å²) >= 11 is 0. The monoisotopic (exact) mass is 382 g/mol. The predicted molar refractivity (Wildman–Crippen MR) is 110 cm³/mol. The van der Waals surface area contributed by atoms with Gasteiger partial charge >= 0.3 is 0 Å². The van der Waals surface area contributed by atoms with Crippen molar-refractivity contribution >= 4 is 22.7 Å². The number of aromatic amines is 1. The van der Waals surface area contributed by atoms with Crippen molar-refractivity contribution in [1.82, 2.24) is 14.8 Å². The second-order valence-corrected chi connectivity index (χ2v) is 8.29. The third-order valence-electron chi connectivity index (χ3n) is 6.29. The van der Waals surface area contributed by atoms with Gasteiger partial charge in [0, 0.05) is 55.7 Å². The number of hydrogen-bond donors (Lipinski definition) is 2. The average molecular weight is 383 g/mol. The van der Waals surface area contributed by atoms with E-state index in [1.807, 2.05) is 40.3 Å². The maximum atomic E-state index is 12.7. The molecule has 2 heterocycles. The fourth-order valence-corrected chi connectivity index (χ4v) is 4.65. The molecule has 0 bridgehead atoms. The lowest BCUT2D eigenvalue weighted by Gasteiger charge is -2.36. The van der Waals surface area contributed by atoms with Crippen molar-refractivity contribution in [3.05, 3.63) is 36.0 Å². The van der Waals surface area contributed by atoms with Crippen molar-refractivity contribution in [2.24, 2.45) is 11.7 Å². The molecule has 6 nitrogen and oxygen atoms in total. The van der Waals surface area contributed by atoms with Crippen molar-refractivity contribution in [3.63, 3.8) is 0 Å². The number of carbonyl (C=O) groups is 2. The first-order chi connectivity index (χ1) is 13.6. The highest BCUT2D eigenvalue weighted by Crippen LogP contribution is 2.26. The van der Waals surface area contributed by atoms with Crippen molar-refractivity contribution in [2.45, 2.75) is 44.6 Å². The number of hydrogen-bond acceptors (Lipinski definition) is 3. The number of rotatable bonds is 4. The van der Waals surface area contributed by atoms with Gasteiger partial charge in [0.15, 0.2) is 0 Å². The van der Waals surface area contributed by atoms with E-state index >= 15 is 0 Å². The molecule has 1 aromatic carbocycles. The number of piperazine rings is 1. The summed E-state index contributed by atoms with van der Waals surface area (Å²) in [4.78, 5) is 32.4. The topological polar surface area (TPSA) is 82.4 Å². The molecule has 3 N–H and O–H groups in total. The zero-order valence-electron chi connectivity index (χ0n) is 16.4. The fraction of sp³-hybridized carbons (Fsp3) is 0.545. The Kier molecular flexibility index (Phi) is 5.67. The zero-order chi connectivity index (χ0) is 19.5. The van der Waals surface area contributed by atoms with Gasteiger partial charge in [-0.2, -0.15) is 0 Å². The molecule has 1 aliphatic carbocycles. The molecular weight excluding hydrogens is 352 g/mol. The minimum atomic E-state index is 0.134. The van der Waals surface area contributed by atoms with Crippen LogP contribution in [0.2, 0.25) is 0 Å². The van der Waals surface area contributed by atoms with Crippen LogP contribution in [0.25, 0.3) is 10.9 Å². The Labute approximate surface area is 166 Å². The van der Waals surface area contributed by atoms with E-state index in [0.29, 0.717) is 44.9 Å². The molecule has 0 unspecified atom stereocenters. The van der Waals surface area contributed by atoms with Crippen LogP contribution < -0.4 is 5.73 Å². The second-order valence-electron chi connectivity index (χ2n) is 8.29. The smallest absolute Gasteiger partial charge is 0.227 e. The van der Waals surface area contributed by atoms with Crippen molar-refractivity contribution in [1.29, 1.82) is 0 Å². The summed E-state index contributed by atoms with van der Waals surface area (Å²) in [6.45, 7) is 2.52. The molecule has 28 heavy (non-hydrogen) atoms. The Morgan fingerprint density at radius 1 is 1.04 bits per heavy atom. The molecule has 2 atom stereocenters. The molecule has 0 spiro atoms. The third-order valence-corrected chi connectivity index (χ3v) is 6.29.